The number of rotatable bonds is 1. The van der Waals surface area contributed by atoms with Gasteiger partial charge in [0.15, 0.2) is 0 Å². The molecule has 1 amide bonds. The van der Waals surface area contributed by atoms with E-state index in [9.17, 15) is 4.79 Å². The van der Waals surface area contributed by atoms with Crippen LogP contribution in [0.2, 0.25) is 5.02 Å². The van der Waals surface area contributed by atoms with Crippen molar-refractivity contribution in [2.75, 3.05) is 0 Å². The lowest BCUT2D eigenvalue weighted by atomic mass is 10.2. The molecule has 4 nitrogen and oxygen atoms in total. The maximum Gasteiger partial charge on any atom is 0.266 e. The van der Waals surface area contributed by atoms with Crippen LogP contribution in [0, 0.1) is 0 Å². The Morgan fingerprint density at radius 2 is 2.45 bits per heavy atom. The second kappa shape index (κ2) is 3.32. The summed E-state index contributed by atoms with van der Waals surface area (Å²) in [6.07, 6.45) is 2.85. The summed E-state index contributed by atoms with van der Waals surface area (Å²) >= 11 is 5.62. The van der Waals surface area contributed by atoms with E-state index in [1.165, 1.54) is 18.5 Å². The van der Waals surface area contributed by atoms with Crippen LogP contribution >= 0.6 is 11.6 Å². The second-order valence-electron chi connectivity index (χ2n) is 1.83. The van der Waals surface area contributed by atoms with Gasteiger partial charge in [0, 0.05) is 12.4 Å². The maximum atomic E-state index is 10.9. The Hall–Kier alpha value is -1.13. The minimum atomic E-state index is -0.419. The SMILES string of the molecule is NNC(=O)c1ccncc1Cl. The van der Waals surface area contributed by atoms with Crippen molar-refractivity contribution < 1.29 is 4.79 Å². The molecule has 0 aliphatic heterocycles. The highest BCUT2D eigenvalue weighted by atomic mass is 35.5. The van der Waals surface area contributed by atoms with Gasteiger partial charge in [-0.3, -0.25) is 15.2 Å². The fourth-order valence-corrected chi connectivity index (χ4v) is 0.842. The first-order valence-electron chi connectivity index (χ1n) is 2.86. The van der Waals surface area contributed by atoms with Crippen LogP contribution in [0.4, 0.5) is 0 Å². The van der Waals surface area contributed by atoms with Gasteiger partial charge in [0.05, 0.1) is 10.6 Å². The van der Waals surface area contributed by atoms with E-state index in [1.54, 1.807) is 0 Å². The lowest BCUT2D eigenvalue weighted by Gasteiger charge is -1.99. The average molecular weight is 172 g/mol. The molecule has 5 heteroatoms. The van der Waals surface area contributed by atoms with Crippen LogP contribution in [-0.2, 0) is 0 Å². The van der Waals surface area contributed by atoms with Gasteiger partial charge in [-0.05, 0) is 6.07 Å². The average Bonchev–Trinajstić information content (AvgIpc) is 2.04. The largest absolute Gasteiger partial charge is 0.290 e. The number of hydrazine groups is 1. The van der Waals surface area contributed by atoms with E-state index in [-0.39, 0.29) is 5.02 Å². The maximum absolute atomic E-state index is 10.9. The molecule has 0 aliphatic carbocycles. The molecule has 0 aliphatic rings. The molecule has 0 saturated heterocycles. The van der Waals surface area contributed by atoms with Crippen LogP contribution in [-0.4, -0.2) is 10.9 Å². The van der Waals surface area contributed by atoms with Gasteiger partial charge >= 0.3 is 0 Å². The Bertz CT molecular complexity index is 276. The van der Waals surface area contributed by atoms with Gasteiger partial charge in [-0.25, -0.2) is 5.84 Å². The fraction of sp³-hybridized carbons (Fsp3) is 0. The number of hydrogen-bond acceptors (Lipinski definition) is 3. The van der Waals surface area contributed by atoms with Crippen molar-refractivity contribution >= 4 is 17.5 Å². The molecule has 0 unspecified atom stereocenters. The van der Waals surface area contributed by atoms with Crippen LogP contribution < -0.4 is 11.3 Å². The molecule has 1 aromatic rings. The molecule has 11 heavy (non-hydrogen) atoms. The third kappa shape index (κ3) is 1.66. The number of nitrogens with zero attached hydrogens (tertiary/aromatic N) is 1. The van der Waals surface area contributed by atoms with Crippen LogP contribution in [0.15, 0.2) is 18.5 Å². The molecular weight excluding hydrogens is 166 g/mol. The number of aromatic nitrogens is 1. The number of amides is 1. The van der Waals surface area contributed by atoms with Crippen molar-refractivity contribution in [1.82, 2.24) is 10.4 Å². The number of hydrogen-bond donors (Lipinski definition) is 2. The topological polar surface area (TPSA) is 68.0 Å². The lowest BCUT2D eigenvalue weighted by molar-refractivity contribution is 0.0953. The van der Waals surface area contributed by atoms with Gasteiger partial charge in [0.1, 0.15) is 0 Å². The van der Waals surface area contributed by atoms with E-state index < -0.39 is 5.91 Å². The highest BCUT2D eigenvalue weighted by Crippen LogP contribution is 2.12. The minimum absolute atomic E-state index is 0.287. The van der Waals surface area contributed by atoms with Gasteiger partial charge in [0.2, 0.25) is 0 Å². The first-order chi connectivity index (χ1) is 5.25. The van der Waals surface area contributed by atoms with Crippen molar-refractivity contribution in [3.8, 4) is 0 Å². The zero-order valence-corrected chi connectivity index (χ0v) is 6.30. The monoisotopic (exact) mass is 171 g/mol. The van der Waals surface area contributed by atoms with E-state index >= 15 is 0 Å². The Labute approximate surface area is 68.3 Å². The third-order valence-electron chi connectivity index (χ3n) is 1.15. The number of nitrogen functional groups attached to an aromatic ring is 1. The van der Waals surface area contributed by atoms with Crippen LogP contribution in [0.1, 0.15) is 10.4 Å². The van der Waals surface area contributed by atoms with Crippen LogP contribution in [0.5, 0.6) is 0 Å². The van der Waals surface area contributed by atoms with Crippen molar-refractivity contribution in [3.05, 3.63) is 29.0 Å². The predicted octanol–water partition coefficient (Wildman–Crippen LogP) is 0.338. The molecule has 0 spiro atoms. The Balaban J connectivity index is 3.03. The van der Waals surface area contributed by atoms with E-state index in [4.69, 9.17) is 17.4 Å². The number of nitrogens with two attached hydrogens (primary N) is 1. The molecule has 3 N–H and O–H groups in total. The van der Waals surface area contributed by atoms with E-state index in [0.29, 0.717) is 5.56 Å². The number of nitrogens with one attached hydrogen (secondary N) is 1. The van der Waals surface area contributed by atoms with Crippen LogP contribution in [0.25, 0.3) is 0 Å². The lowest BCUT2D eigenvalue weighted by Crippen LogP contribution is -2.30. The highest BCUT2D eigenvalue weighted by molar-refractivity contribution is 6.33. The molecule has 0 bridgehead atoms. The van der Waals surface area contributed by atoms with Crippen molar-refractivity contribution in [3.63, 3.8) is 0 Å². The molecular formula is C6H6ClN3O. The molecule has 0 atom stereocenters. The van der Waals surface area contributed by atoms with Gasteiger partial charge in [-0.2, -0.15) is 0 Å². The summed E-state index contributed by atoms with van der Waals surface area (Å²) in [5.74, 6) is 4.48. The van der Waals surface area contributed by atoms with Gasteiger partial charge in [-0.15, -0.1) is 0 Å². The molecule has 1 heterocycles. The molecule has 0 saturated carbocycles. The summed E-state index contributed by atoms with van der Waals surface area (Å²) in [5, 5.41) is 0.287. The van der Waals surface area contributed by atoms with Crippen molar-refractivity contribution in [2.45, 2.75) is 0 Å². The van der Waals surface area contributed by atoms with E-state index in [0.717, 1.165) is 0 Å². The summed E-state index contributed by atoms with van der Waals surface area (Å²) in [6.45, 7) is 0. The Morgan fingerprint density at radius 1 is 1.73 bits per heavy atom. The minimum Gasteiger partial charge on any atom is -0.290 e. The molecule has 0 aromatic carbocycles. The predicted molar refractivity (Wildman–Crippen MR) is 40.9 cm³/mol. The summed E-state index contributed by atoms with van der Waals surface area (Å²) in [7, 11) is 0. The van der Waals surface area contributed by atoms with Gasteiger partial charge in [-0.1, -0.05) is 11.6 Å². The normalized spacial score (nSPS) is 9.27. The zero-order valence-electron chi connectivity index (χ0n) is 5.54. The smallest absolute Gasteiger partial charge is 0.266 e. The Kier molecular flexibility index (Phi) is 2.40. The molecule has 0 fully saturated rings. The van der Waals surface area contributed by atoms with Crippen molar-refractivity contribution in [2.24, 2.45) is 5.84 Å². The first kappa shape index (κ1) is 7.97. The fourth-order valence-electron chi connectivity index (χ4n) is 0.637. The first-order valence-corrected chi connectivity index (χ1v) is 3.24. The van der Waals surface area contributed by atoms with Gasteiger partial charge < -0.3 is 0 Å². The highest BCUT2D eigenvalue weighted by Gasteiger charge is 2.06. The van der Waals surface area contributed by atoms with Crippen LogP contribution in [0.3, 0.4) is 0 Å². The summed E-state index contributed by atoms with van der Waals surface area (Å²) in [4.78, 5) is 14.6. The number of halogens is 1. The zero-order chi connectivity index (χ0) is 8.27. The number of pyridine rings is 1. The number of carbonyl (C=O) groups is 1. The van der Waals surface area contributed by atoms with E-state index in [2.05, 4.69) is 4.98 Å². The van der Waals surface area contributed by atoms with Gasteiger partial charge in [0.25, 0.3) is 5.91 Å². The molecule has 0 radical (unpaired) electrons. The summed E-state index contributed by atoms with van der Waals surface area (Å²) in [5.41, 5.74) is 2.29. The van der Waals surface area contributed by atoms with Crippen molar-refractivity contribution in [1.29, 1.82) is 0 Å². The quantitative estimate of drug-likeness (QED) is 0.364. The third-order valence-corrected chi connectivity index (χ3v) is 1.45. The molecule has 1 rings (SSSR count). The molecule has 1 aromatic heterocycles. The standard InChI is InChI=1S/C6H6ClN3O/c7-5-3-9-2-1-4(5)6(11)10-8/h1-3H,8H2,(H,10,11). The summed E-state index contributed by atoms with van der Waals surface area (Å²) in [6, 6.07) is 1.49. The second-order valence-corrected chi connectivity index (χ2v) is 2.24. The Morgan fingerprint density at radius 3 is 3.00 bits per heavy atom. The van der Waals surface area contributed by atoms with E-state index in [1.807, 2.05) is 5.43 Å². The summed E-state index contributed by atoms with van der Waals surface area (Å²) < 4.78 is 0. The number of carbonyl (C=O) groups excluding carboxylic acids is 1. The molecule has 58 valence electrons.